The highest BCUT2D eigenvalue weighted by molar-refractivity contribution is 6.04. The fourth-order valence-corrected chi connectivity index (χ4v) is 2.62. The summed E-state index contributed by atoms with van der Waals surface area (Å²) in [6, 6.07) is 15.3. The van der Waals surface area contributed by atoms with E-state index in [-0.39, 0.29) is 17.7 Å². The second-order valence-corrected chi connectivity index (χ2v) is 6.19. The number of rotatable bonds is 5. The third-order valence-corrected chi connectivity index (χ3v) is 4.22. The van der Waals surface area contributed by atoms with Crippen LogP contribution in [0.3, 0.4) is 0 Å². The van der Waals surface area contributed by atoms with E-state index in [1.807, 2.05) is 13.0 Å². The summed E-state index contributed by atoms with van der Waals surface area (Å²) < 4.78 is 5.71. The zero-order valence-electron chi connectivity index (χ0n) is 16.0. The number of nitrogens with zero attached hydrogens (tertiary/aromatic N) is 1. The Kier molecular flexibility index (Phi) is 5.91. The number of pyridine rings is 1. The van der Waals surface area contributed by atoms with Gasteiger partial charge in [0.2, 0.25) is 5.88 Å². The summed E-state index contributed by atoms with van der Waals surface area (Å²) in [6.07, 6.45) is 7.01. The van der Waals surface area contributed by atoms with E-state index in [9.17, 15) is 9.59 Å². The van der Waals surface area contributed by atoms with Gasteiger partial charge in [-0.15, -0.1) is 6.42 Å². The molecular weight excluding hydrogens is 366 g/mol. The third kappa shape index (κ3) is 4.60. The molecule has 6 heteroatoms. The van der Waals surface area contributed by atoms with Crippen LogP contribution in [0.2, 0.25) is 0 Å². The number of hydrogen-bond acceptors (Lipinski definition) is 4. The number of carbonyl (C=O) groups excluding carboxylic acids is 2. The number of terminal acetylenes is 1. The summed E-state index contributed by atoms with van der Waals surface area (Å²) in [6.45, 7) is 1.90. The minimum atomic E-state index is -0.290. The summed E-state index contributed by atoms with van der Waals surface area (Å²) in [5.74, 6) is 2.70. The highest BCUT2D eigenvalue weighted by atomic mass is 16.5. The van der Waals surface area contributed by atoms with Crippen LogP contribution in [-0.4, -0.2) is 23.8 Å². The van der Waals surface area contributed by atoms with Gasteiger partial charge in [0.1, 0.15) is 11.3 Å². The number of ether oxygens (including phenoxy) is 1. The van der Waals surface area contributed by atoms with Crippen molar-refractivity contribution in [2.45, 2.75) is 6.92 Å². The first-order valence-corrected chi connectivity index (χ1v) is 8.85. The molecule has 2 amide bonds. The number of aryl methyl sites for hydroxylation is 1. The molecule has 29 heavy (non-hydrogen) atoms. The van der Waals surface area contributed by atoms with Gasteiger partial charge in [0.05, 0.1) is 0 Å². The maximum Gasteiger partial charge on any atom is 0.256 e. The van der Waals surface area contributed by atoms with Gasteiger partial charge in [0.25, 0.3) is 11.8 Å². The second-order valence-electron chi connectivity index (χ2n) is 6.19. The van der Waals surface area contributed by atoms with Crippen LogP contribution in [0.1, 0.15) is 31.8 Å². The van der Waals surface area contributed by atoms with Crippen molar-refractivity contribution in [3.8, 4) is 24.0 Å². The molecule has 0 saturated heterocycles. The Bertz CT molecular complexity index is 1100. The normalized spacial score (nSPS) is 9.97. The lowest BCUT2D eigenvalue weighted by Gasteiger charge is -2.10. The monoisotopic (exact) mass is 385 g/mol. The molecule has 0 saturated carbocycles. The molecule has 0 spiro atoms. The number of benzene rings is 2. The summed E-state index contributed by atoms with van der Waals surface area (Å²) in [4.78, 5) is 28.5. The van der Waals surface area contributed by atoms with E-state index < -0.39 is 0 Å². The maximum atomic E-state index is 12.5. The van der Waals surface area contributed by atoms with Gasteiger partial charge >= 0.3 is 0 Å². The molecular formula is C23H19N3O3. The molecule has 3 rings (SSSR count). The van der Waals surface area contributed by atoms with Crippen LogP contribution in [0.4, 0.5) is 5.69 Å². The number of hydrogen-bond donors (Lipinski definition) is 2. The number of carbonyl (C=O) groups is 2. The van der Waals surface area contributed by atoms with Gasteiger partial charge < -0.3 is 15.4 Å². The molecule has 3 aromatic rings. The summed E-state index contributed by atoms with van der Waals surface area (Å²) in [5.41, 5.74) is 3.03. The van der Waals surface area contributed by atoms with E-state index in [0.717, 1.165) is 5.56 Å². The molecule has 0 unspecified atom stereocenters. The first-order valence-electron chi connectivity index (χ1n) is 8.85. The van der Waals surface area contributed by atoms with Crippen LogP contribution in [0.25, 0.3) is 0 Å². The van der Waals surface area contributed by atoms with Crippen LogP contribution in [0.15, 0.2) is 60.8 Å². The molecule has 0 bridgehead atoms. The number of amides is 2. The van der Waals surface area contributed by atoms with Gasteiger partial charge in [0.15, 0.2) is 0 Å². The first kappa shape index (κ1) is 19.6. The van der Waals surface area contributed by atoms with E-state index in [0.29, 0.717) is 28.1 Å². The Morgan fingerprint density at radius 3 is 2.52 bits per heavy atom. The highest BCUT2D eigenvalue weighted by Crippen LogP contribution is 2.24. The fraction of sp³-hybridized carbons (Fsp3) is 0.0870. The summed E-state index contributed by atoms with van der Waals surface area (Å²) in [7, 11) is 1.54. The van der Waals surface area contributed by atoms with Crippen molar-refractivity contribution in [3.05, 3.63) is 83.0 Å². The molecule has 2 N–H and O–H groups in total. The van der Waals surface area contributed by atoms with Gasteiger partial charge in [-0.3, -0.25) is 9.59 Å². The predicted octanol–water partition coefficient (Wildman–Crippen LogP) is 3.78. The Labute approximate surface area is 168 Å². The Morgan fingerprint density at radius 2 is 1.83 bits per heavy atom. The highest BCUT2D eigenvalue weighted by Gasteiger charge is 2.13. The average molecular weight is 385 g/mol. The Balaban J connectivity index is 1.72. The quantitative estimate of drug-likeness (QED) is 0.655. The largest absolute Gasteiger partial charge is 0.438 e. The second kappa shape index (κ2) is 8.72. The molecule has 1 heterocycles. The van der Waals surface area contributed by atoms with Gasteiger partial charge in [-0.2, -0.15) is 0 Å². The molecule has 2 aromatic carbocycles. The average Bonchev–Trinajstić information content (AvgIpc) is 2.75. The van der Waals surface area contributed by atoms with Crippen LogP contribution in [0, 0.1) is 19.3 Å². The smallest absolute Gasteiger partial charge is 0.256 e. The van der Waals surface area contributed by atoms with Gasteiger partial charge in [-0.1, -0.05) is 12.0 Å². The molecule has 6 nitrogen and oxygen atoms in total. The van der Waals surface area contributed by atoms with Crippen LogP contribution in [0.5, 0.6) is 11.6 Å². The molecule has 0 aliphatic carbocycles. The van der Waals surface area contributed by atoms with Crippen LogP contribution < -0.4 is 15.4 Å². The lowest BCUT2D eigenvalue weighted by molar-refractivity contribution is 0.0959. The molecule has 0 radical (unpaired) electrons. The lowest BCUT2D eigenvalue weighted by atomic mass is 10.1. The molecule has 144 valence electrons. The Hall–Kier alpha value is -4.11. The van der Waals surface area contributed by atoms with Crippen molar-refractivity contribution >= 4 is 17.5 Å². The summed E-state index contributed by atoms with van der Waals surface area (Å²) >= 11 is 0. The lowest BCUT2D eigenvalue weighted by Crippen LogP contribution is -2.18. The number of nitrogens with one attached hydrogen (secondary N) is 2. The number of aromatic nitrogens is 1. The van der Waals surface area contributed by atoms with E-state index in [4.69, 9.17) is 11.2 Å². The first-order chi connectivity index (χ1) is 14.0. The van der Waals surface area contributed by atoms with Crippen molar-refractivity contribution in [1.29, 1.82) is 0 Å². The maximum absolute atomic E-state index is 12.5. The van der Waals surface area contributed by atoms with E-state index in [1.165, 1.54) is 7.05 Å². The van der Waals surface area contributed by atoms with E-state index in [2.05, 4.69) is 21.5 Å². The predicted molar refractivity (Wildman–Crippen MR) is 111 cm³/mol. The minimum absolute atomic E-state index is 0.199. The van der Waals surface area contributed by atoms with Crippen molar-refractivity contribution in [2.75, 3.05) is 12.4 Å². The molecule has 0 fully saturated rings. The van der Waals surface area contributed by atoms with Crippen molar-refractivity contribution in [1.82, 2.24) is 10.3 Å². The SMILES string of the molecule is C#Cc1cc(C(=O)Nc2ccc(Oc3ncccc3C(=O)NC)cc2)ccc1C. The van der Waals surface area contributed by atoms with Gasteiger partial charge in [-0.05, 0) is 61.0 Å². The molecule has 1 aromatic heterocycles. The number of anilines is 1. The third-order valence-electron chi connectivity index (χ3n) is 4.22. The Morgan fingerprint density at radius 1 is 1.07 bits per heavy atom. The van der Waals surface area contributed by atoms with Crippen molar-refractivity contribution in [2.24, 2.45) is 0 Å². The van der Waals surface area contributed by atoms with E-state index in [1.54, 1.807) is 54.7 Å². The van der Waals surface area contributed by atoms with Crippen LogP contribution in [-0.2, 0) is 0 Å². The van der Waals surface area contributed by atoms with Crippen molar-refractivity contribution in [3.63, 3.8) is 0 Å². The van der Waals surface area contributed by atoms with Crippen molar-refractivity contribution < 1.29 is 14.3 Å². The van der Waals surface area contributed by atoms with Gasteiger partial charge in [-0.25, -0.2) is 4.98 Å². The van der Waals surface area contributed by atoms with Gasteiger partial charge in [0, 0.05) is 30.1 Å². The molecule has 0 atom stereocenters. The van der Waals surface area contributed by atoms with E-state index >= 15 is 0 Å². The van der Waals surface area contributed by atoms with Crippen LogP contribution >= 0.6 is 0 Å². The molecule has 0 aliphatic heterocycles. The fourth-order valence-electron chi connectivity index (χ4n) is 2.62. The summed E-state index contributed by atoms with van der Waals surface area (Å²) in [5, 5.41) is 5.36. The molecule has 0 aliphatic rings. The zero-order valence-corrected chi connectivity index (χ0v) is 16.0. The minimum Gasteiger partial charge on any atom is -0.438 e. The zero-order chi connectivity index (χ0) is 20.8. The topological polar surface area (TPSA) is 80.3 Å². The standard InChI is InChI=1S/C23H19N3O3/c1-4-16-14-17(8-7-15(16)2)21(27)26-18-9-11-19(12-10-18)29-23-20(22(28)24-3)6-5-13-25-23/h1,5-14H,2-3H3,(H,24,28)(H,26,27).